The first-order chi connectivity index (χ1) is 6.39. The van der Waals surface area contributed by atoms with E-state index in [9.17, 15) is 0 Å². The zero-order valence-electron chi connectivity index (χ0n) is 7.33. The number of pyridine rings is 1. The molecule has 0 saturated heterocycles. The summed E-state index contributed by atoms with van der Waals surface area (Å²) in [5.74, 6) is 0.711. The lowest BCUT2D eigenvalue weighted by Crippen LogP contribution is -1.85. The van der Waals surface area contributed by atoms with Crippen LogP contribution < -0.4 is 0 Å². The van der Waals surface area contributed by atoms with Gasteiger partial charge in [0.05, 0.1) is 6.20 Å². The highest BCUT2D eigenvalue weighted by atomic mass is 15.1. The summed E-state index contributed by atoms with van der Waals surface area (Å²) in [7, 11) is 0. The Kier molecular flexibility index (Phi) is 4.10. The molecule has 0 atom stereocenters. The number of hydrogen-bond acceptors (Lipinski definition) is 4. The minimum absolute atomic E-state index is 0.711. The summed E-state index contributed by atoms with van der Waals surface area (Å²) in [5.41, 5.74) is 0. The van der Waals surface area contributed by atoms with E-state index in [0.717, 1.165) is 0 Å². The smallest absolute Gasteiger partial charge is 0.147 e. The lowest BCUT2D eigenvalue weighted by atomic mass is 10.5. The third kappa shape index (κ3) is 4.58. The second-order valence-electron chi connectivity index (χ2n) is 2.21. The largest absolute Gasteiger partial charge is 0.265 e. The molecule has 0 aromatic carbocycles. The van der Waals surface area contributed by atoms with Crippen molar-refractivity contribution in [1.82, 2.24) is 20.2 Å². The molecule has 0 bridgehead atoms. The van der Waals surface area contributed by atoms with Gasteiger partial charge in [-0.1, -0.05) is 6.07 Å². The van der Waals surface area contributed by atoms with Gasteiger partial charge in [-0.3, -0.25) is 4.98 Å². The molecule has 2 aromatic rings. The molecule has 0 radical (unpaired) electrons. The predicted octanol–water partition coefficient (Wildman–Crippen LogP) is 1.26. The van der Waals surface area contributed by atoms with E-state index in [4.69, 9.17) is 0 Å². The maximum atomic E-state index is 3.81. The number of aryl methyl sites for hydroxylation is 1. The summed E-state index contributed by atoms with van der Waals surface area (Å²) in [6, 6.07) is 5.72. The van der Waals surface area contributed by atoms with Gasteiger partial charge in [0, 0.05) is 18.6 Å². The van der Waals surface area contributed by atoms with Crippen molar-refractivity contribution < 1.29 is 0 Å². The highest BCUT2D eigenvalue weighted by Crippen LogP contribution is 1.74. The van der Waals surface area contributed by atoms with E-state index >= 15 is 0 Å². The molecule has 4 heteroatoms. The Morgan fingerprint density at radius 2 is 1.69 bits per heavy atom. The number of hydrogen-bond donors (Lipinski definition) is 0. The predicted molar refractivity (Wildman–Crippen MR) is 48.8 cm³/mol. The molecule has 13 heavy (non-hydrogen) atoms. The molecule has 0 saturated carbocycles. The van der Waals surface area contributed by atoms with Crippen molar-refractivity contribution in [2.45, 2.75) is 6.92 Å². The Bertz CT molecular complexity index is 282. The van der Waals surface area contributed by atoms with Crippen LogP contribution >= 0.6 is 0 Å². The fourth-order valence-electron chi connectivity index (χ4n) is 0.626. The molecule has 0 spiro atoms. The van der Waals surface area contributed by atoms with Crippen molar-refractivity contribution in [3.8, 4) is 0 Å². The number of rotatable bonds is 0. The second kappa shape index (κ2) is 5.77. The molecule has 0 aliphatic heterocycles. The molecule has 2 heterocycles. The summed E-state index contributed by atoms with van der Waals surface area (Å²) in [5, 5.41) is 7.19. The fraction of sp³-hybridized carbons (Fsp3) is 0.111. The Morgan fingerprint density at radius 3 is 1.92 bits per heavy atom. The lowest BCUT2D eigenvalue weighted by molar-refractivity contribution is 0.907. The SMILES string of the molecule is Cc1nccnn1.c1ccncc1. The molecular weight excluding hydrogens is 164 g/mol. The van der Waals surface area contributed by atoms with Crippen LogP contribution in [-0.4, -0.2) is 20.2 Å². The minimum atomic E-state index is 0.711. The summed E-state index contributed by atoms with van der Waals surface area (Å²) in [6.45, 7) is 1.80. The van der Waals surface area contributed by atoms with Crippen LogP contribution in [0.5, 0.6) is 0 Å². The van der Waals surface area contributed by atoms with E-state index in [0.29, 0.717) is 5.82 Å². The van der Waals surface area contributed by atoms with Gasteiger partial charge in [-0.15, -0.1) is 5.10 Å². The zero-order chi connectivity index (χ0) is 9.36. The average Bonchev–Trinajstić information content (AvgIpc) is 2.22. The molecule has 0 amide bonds. The van der Waals surface area contributed by atoms with Gasteiger partial charge < -0.3 is 0 Å². The molecule has 4 nitrogen and oxygen atoms in total. The van der Waals surface area contributed by atoms with Crippen LogP contribution in [-0.2, 0) is 0 Å². The Morgan fingerprint density at radius 1 is 0.923 bits per heavy atom. The van der Waals surface area contributed by atoms with Crippen LogP contribution in [0.3, 0.4) is 0 Å². The summed E-state index contributed by atoms with van der Waals surface area (Å²) in [4.78, 5) is 7.59. The Hall–Kier alpha value is -1.84. The van der Waals surface area contributed by atoms with Gasteiger partial charge in [-0.25, -0.2) is 4.98 Å². The minimum Gasteiger partial charge on any atom is -0.265 e. The van der Waals surface area contributed by atoms with Crippen molar-refractivity contribution in [3.05, 3.63) is 48.8 Å². The van der Waals surface area contributed by atoms with Crippen LogP contribution in [0.2, 0.25) is 0 Å². The number of nitrogens with zero attached hydrogens (tertiary/aromatic N) is 4. The van der Waals surface area contributed by atoms with Gasteiger partial charge in [0.1, 0.15) is 5.82 Å². The van der Waals surface area contributed by atoms with Gasteiger partial charge in [0.2, 0.25) is 0 Å². The van der Waals surface area contributed by atoms with Crippen molar-refractivity contribution in [3.63, 3.8) is 0 Å². The van der Waals surface area contributed by atoms with E-state index < -0.39 is 0 Å². The van der Waals surface area contributed by atoms with Crippen molar-refractivity contribution in [2.75, 3.05) is 0 Å². The maximum Gasteiger partial charge on any atom is 0.147 e. The zero-order valence-corrected chi connectivity index (χ0v) is 7.33. The molecule has 66 valence electrons. The first-order valence-corrected chi connectivity index (χ1v) is 3.85. The monoisotopic (exact) mass is 174 g/mol. The van der Waals surface area contributed by atoms with Gasteiger partial charge >= 0.3 is 0 Å². The Balaban J connectivity index is 0.000000132. The summed E-state index contributed by atoms with van der Waals surface area (Å²) >= 11 is 0. The fourth-order valence-corrected chi connectivity index (χ4v) is 0.626. The molecule has 2 aromatic heterocycles. The van der Waals surface area contributed by atoms with E-state index in [-0.39, 0.29) is 0 Å². The van der Waals surface area contributed by atoms with Crippen LogP contribution in [0.1, 0.15) is 5.82 Å². The van der Waals surface area contributed by atoms with Crippen LogP contribution in [0.4, 0.5) is 0 Å². The van der Waals surface area contributed by atoms with E-state index in [1.54, 1.807) is 31.7 Å². The first kappa shape index (κ1) is 9.25. The molecular formula is C9H10N4. The van der Waals surface area contributed by atoms with Crippen molar-refractivity contribution in [1.29, 1.82) is 0 Å². The number of aromatic nitrogens is 4. The van der Waals surface area contributed by atoms with E-state index in [1.807, 2.05) is 18.2 Å². The van der Waals surface area contributed by atoms with Gasteiger partial charge in [-0.2, -0.15) is 5.10 Å². The van der Waals surface area contributed by atoms with Crippen LogP contribution in [0.25, 0.3) is 0 Å². The topological polar surface area (TPSA) is 51.6 Å². The third-order valence-electron chi connectivity index (χ3n) is 1.16. The standard InChI is InChI=1S/C5H5N.C4H5N3/c1-2-4-6-5-3-1;1-4-5-2-3-6-7-4/h1-5H;2-3H,1H3. The molecule has 0 aliphatic carbocycles. The average molecular weight is 174 g/mol. The van der Waals surface area contributed by atoms with E-state index in [1.165, 1.54) is 0 Å². The maximum absolute atomic E-state index is 3.81. The Labute approximate surface area is 76.7 Å². The molecule has 0 fully saturated rings. The van der Waals surface area contributed by atoms with Crippen molar-refractivity contribution in [2.24, 2.45) is 0 Å². The van der Waals surface area contributed by atoms with Gasteiger partial charge in [0.25, 0.3) is 0 Å². The third-order valence-corrected chi connectivity index (χ3v) is 1.16. The van der Waals surface area contributed by atoms with Gasteiger partial charge in [-0.05, 0) is 19.1 Å². The highest BCUT2D eigenvalue weighted by Gasteiger charge is 1.76. The lowest BCUT2D eigenvalue weighted by Gasteiger charge is -1.80. The summed E-state index contributed by atoms with van der Waals surface area (Å²) in [6.07, 6.45) is 6.66. The highest BCUT2D eigenvalue weighted by molar-refractivity contribution is 4.88. The molecule has 2 rings (SSSR count). The van der Waals surface area contributed by atoms with Crippen LogP contribution in [0.15, 0.2) is 43.0 Å². The molecule has 0 aliphatic rings. The van der Waals surface area contributed by atoms with Crippen LogP contribution in [0, 0.1) is 6.92 Å². The molecule has 0 N–H and O–H groups in total. The van der Waals surface area contributed by atoms with Crippen molar-refractivity contribution >= 4 is 0 Å². The normalized spacial score (nSPS) is 8.38. The summed E-state index contributed by atoms with van der Waals surface area (Å²) < 4.78 is 0. The second-order valence-corrected chi connectivity index (χ2v) is 2.21. The van der Waals surface area contributed by atoms with Gasteiger partial charge in [0.15, 0.2) is 0 Å². The first-order valence-electron chi connectivity index (χ1n) is 3.85. The quantitative estimate of drug-likeness (QED) is 0.603. The molecule has 0 unspecified atom stereocenters. The van der Waals surface area contributed by atoms with E-state index in [2.05, 4.69) is 20.2 Å².